The number of rotatable bonds is 3. The molecule has 0 atom stereocenters. The van der Waals surface area contributed by atoms with Crippen LogP contribution in [-0.4, -0.2) is 5.71 Å². The summed E-state index contributed by atoms with van der Waals surface area (Å²) < 4.78 is 0. The van der Waals surface area contributed by atoms with Gasteiger partial charge in [0.1, 0.15) is 0 Å². The van der Waals surface area contributed by atoms with Gasteiger partial charge in [0.05, 0.1) is 0 Å². The first-order valence-electron chi connectivity index (χ1n) is 2.43. The van der Waals surface area contributed by atoms with Crippen LogP contribution in [0.2, 0.25) is 0 Å². The fraction of sp³-hybridized carbons (Fsp3) is 0.500. The minimum absolute atomic E-state index is 0.530. The Hall–Kier alpha value is -0.590. The van der Waals surface area contributed by atoms with Gasteiger partial charge in [0.25, 0.3) is 0 Å². The molecule has 0 aromatic heterocycles. The maximum atomic E-state index is 6.96. The lowest BCUT2D eigenvalue weighted by Crippen LogP contribution is -1.86. The maximum Gasteiger partial charge on any atom is 0.0313 e. The molecule has 7 heavy (non-hydrogen) atoms. The lowest BCUT2D eigenvalue weighted by Gasteiger charge is -1.87. The smallest absolute Gasteiger partial charge is 0.0313 e. The van der Waals surface area contributed by atoms with Crippen LogP contribution < -0.4 is 0 Å². The second-order valence-electron chi connectivity index (χ2n) is 1.44. The number of hydrogen-bond acceptors (Lipinski definition) is 1. The van der Waals surface area contributed by atoms with E-state index in [1.807, 2.05) is 6.92 Å². The van der Waals surface area contributed by atoms with E-state index in [2.05, 4.69) is 0 Å². The molecular formula is C6H10N. The van der Waals surface area contributed by atoms with Gasteiger partial charge in [-0.1, -0.05) is 19.9 Å². The minimum atomic E-state index is 0.530. The van der Waals surface area contributed by atoms with Crippen molar-refractivity contribution in [2.75, 3.05) is 0 Å². The normalized spacial score (nSPS) is 8.14. The Balaban J connectivity index is 3.17. The van der Waals surface area contributed by atoms with E-state index in [4.69, 9.17) is 12.0 Å². The van der Waals surface area contributed by atoms with Crippen LogP contribution in [0.25, 0.3) is 0 Å². The first kappa shape index (κ1) is 6.41. The summed E-state index contributed by atoms with van der Waals surface area (Å²) >= 11 is 0. The highest BCUT2D eigenvalue weighted by molar-refractivity contribution is 5.91. The molecule has 1 heteroatoms. The van der Waals surface area contributed by atoms with Crippen LogP contribution in [0.15, 0.2) is 6.08 Å². The summed E-state index contributed by atoms with van der Waals surface area (Å²) in [5, 5.41) is 6.96. The Morgan fingerprint density at radius 1 is 1.86 bits per heavy atom. The van der Waals surface area contributed by atoms with E-state index in [-0.39, 0.29) is 0 Å². The average molecular weight is 96.2 g/mol. The van der Waals surface area contributed by atoms with Gasteiger partial charge in [-0.2, -0.15) is 0 Å². The lowest BCUT2D eigenvalue weighted by atomic mass is 10.2. The van der Waals surface area contributed by atoms with Crippen molar-refractivity contribution in [3.8, 4) is 0 Å². The van der Waals surface area contributed by atoms with Crippen LogP contribution in [0, 0.1) is 12.0 Å². The largest absolute Gasteiger partial charge is 0.305 e. The van der Waals surface area contributed by atoms with Crippen molar-refractivity contribution in [3.05, 3.63) is 12.7 Å². The standard InChI is InChI=1S/C6H10N/c1-3-5-6(7)4-2/h2,4,7H,3,5H2,1H3. The van der Waals surface area contributed by atoms with Gasteiger partial charge in [-0.3, -0.25) is 0 Å². The molecule has 0 bridgehead atoms. The summed E-state index contributed by atoms with van der Waals surface area (Å²) in [5.41, 5.74) is 0.530. The van der Waals surface area contributed by atoms with Crippen LogP contribution >= 0.6 is 0 Å². The highest BCUT2D eigenvalue weighted by Crippen LogP contribution is 1.87. The SMILES string of the molecule is [CH]=CC(=N)CCC. The van der Waals surface area contributed by atoms with Gasteiger partial charge >= 0.3 is 0 Å². The molecule has 0 aromatic rings. The Bertz CT molecular complexity index is 74.2. The molecule has 1 N–H and O–H groups in total. The molecule has 0 aliphatic rings. The number of hydrogen-bond donors (Lipinski definition) is 1. The molecule has 0 saturated heterocycles. The van der Waals surface area contributed by atoms with Crippen LogP contribution in [0.1, 0.15) is 19.8 Å². The second kappa shape index (κ2) is 3.59. The first-order valence-corrected chi connectivity index (χ1v) is 2.43. The topological polar surface area (TPSA) is 23.9 Å². The summed E-state index contributed by atoms with van der Waals surface area (Å²) in [6.45, 7) is 7.03. The van der Waals surface area contributed by atoms with E-state index >= 15 is 0 Å². The number of allylic oxidation sites excluding steroid dienone is 1. The van der Waals surface area contributed by atoms with Crippen molar-refractivity contribution in [1.82, 2.24) is 0 Å². The molecule has 0 saturated carbocycles. The van der Waals surface area contributed by atoms with Crippen LogP contribution in [-0.2, 0) is 0 Å². The fourth-order valence-electron chi connectivity index (χ4n) is 0.353. The quantitative estimate of drug-likeness (QED) is 0.518. The molecule has 0 spiro atoms. The van der Waals surface area contributed by atoms with Gasteiger partial charge < -0.3 is 5.41 Å². The van der Waals surface area contributed by atoms with Gasteiger partial charge in [0.15, 0.2) is 0 Å². The molecule has 1 nitrogen and oxygen atoms in total. The Kier molecular flexibility index (Phi) is 3.29. The van der Waals surface area contributed by atoms with E-state index in [1.165, 1.54) is 6.08 Å². The molecule has 1 radical (unpaired) electrons. The van der Waals surface area contributed by atoms with Crippen molar-refractivity contribution in [1.29, 1.82) is 5.41 Å². The zero-order valence-corrected chi connectivity index (χ0v) is 4.57. The molecule has 0 heterocycles. The van der Waals surface area contributed by atoms with E-state index in [1.54, 1.807) is 0 Å². The van der Waals surface area contributed by atoms with Gasteiger partial charge in [-0.15, -0.1) is 0 Å². The Morgan fingerprint density at radius 2 is 2.43 bits per heavy atom. The molecular weight excluding hydrogens is 86.1 g/mol. The summed E-state index contributed by atoms with van der Waals surface area (Å²) in [6.07, 6.45) is 3.15. The van der Waals surface area contributed by atoms with Gasteiger partial charge in [0.2, 0.25) is 0 Å². The van der Waals surface area contributed by atoms with Gasteiger partial charge in [0, 0.05) is 5.71 Å². The minimum Gasteiger partial charge on any atom is -0.305 e. The Labute approximate surface area is 44.6 Å². The summed E-state index contributed by atoms with van der Waals surface area (Å²) in [5.74, 6) is 0. The fourth-order valence-corrected chi connectivity index (χ4v) is 0.353. The highest BCUT2D eigenvalue weighted by atomic mass is 14.4. The predicted molar refractivity (Wildman–Crippen MR) is 31.5 cm³/mol. The molecule has 0 aliphatic carbocycles. The molecule has 0 unspecified atom stereocenters. The van der Waals surface area contributed by atoms with E-state index in [9.17, 15) is 0 Å². The first-order chi connectivity index (χ1) is 3.31. The van der Waals surface area contributed by atoms with E-state index in [0.29, 0.717) is 5.71 Å². The summed E-state index contributed by atoms with van der Waals surface area (Å²) in [6, 6.07) is 0. The molecule has 0 aromatic carbocycles. The zero-order chi connectivity index (χ0) is 5.70. The molecule has 0 fully saturated rings. The van der Waals surface area contributed by atoms with Crippen molar-refractivity contribution in [3.63, 3.8) is 0 Å². The third-order valence-electron chi connectivity index (χ3n) is 0.721. The monoisotopic (exact) mass is 96.1 g/mol. The molecule has 0 aliphatic heterocycles. The molecule has 39 valence electrons. The van der Waals surface area contributed by atoms with Crippen molar-refractivity contribution < 1.29 is 0 Å². The second-order valence-corrected chi connectivity index (χ2v) is 1.44. The van der Waals surface area contributed by atoms with Crippen LogP contribution in [0.3, 0.4) is 0 Å². The third kappa shape index (κ3) is 3.23. The van der Waals surface area contributed by atoms with Crippen LogP contribution in [0.4, 0.5) is 0 Å². The van der Waals surface area contributed by atoms with E-state index in [0.717, 1.165) is 12.8 Å². The maximum absolute atomic E-state index is 6.96. The van der Waals surface area contributed by atoms with Crippen molar-refractivity contribution in [2.24, 2.45) is 0 Å². The van der Waals surface area contributed by atoms with E-state index < -0.39 is 0 Å². The zero-order valence-electron chi connectivity index (χ0n) is 4.57. The highest BCUT2D eigenvalue weighted by Gasteiger charge is 1.82. The van der Waals surface area contributed by atoms with Crippen LogP contribution in [0.5, 0.6) is 0 Å². The predicted octanol–water partition coefficient (Wildman–Crippen LogP) is 1.80. The third-order valence-corrected chi connectivity index (χ3v) is 0.721. The Morgan fingerprint density at radius 3 is 2.57 bits per heavy atom. The molecule has 0 rings (SSSR count). The summed E-state index contributed by atoms with van der Waals surface area (Å²) in [7, 11) is 0. The lowest BCUT2D eigenvalue weighted by molar-refractivity contribution is 0.990. The van der Waals surface area contributed by atoms with Crippen molar-refractivity contribution >= 4 is 5.71 Å². The van der Waals surface area contributed by atoms with Gasteiger partial charge in [-0.25, -0.2) is 0 Å². The summed E-state index contributed by atoms with van der Waals surface area (Å²) in [4.78, 5) is 0. The molecule has 0 amide bonds. The average Bonchev–Trinajstić information content (AvgIpc) is 1.68. The number of nitrogens with one attached hydrogen (secondary N) is 1. The van der Waals surface area contributed by atoms with Crippen molar-refractivity contribution in [2.45, 2.75) is 19.8 Å². The van der Waals surface area contributed by atoms with Gasteiger partial charge in [-0.05, 0) is 12.5 Å².